The minimum absolute atomic E-state index is 0.172. The van der Waals surface area contributed by atoms with E-state index in [0.29, 0.717) is 8.83 Å². The van der Waals surface area contributed by atoms with Crippen LogP contribution in [-0.2, 0) is 4.79 Å². The van der Waals surface area contributed by atoms with Gasteiger partial charge in [-0.1, -0.05) is 29.5 Å². The van der Waals surface area contributed by atoms with Crippen molar-refractivity contribution in [1.29, 1.82) is 0 Å². The van der Waals surface area contributed by atoms with Crippen molar-refractivity contribution in [3.8, 4) is 5.88 Å². The number of rotatable bonds is 4. The van der Waals surface area contributed by atoms with E-state index >= 15 is 0 Å². The number of aromatic hydroxyl groups is 1. The Labute approximate surface area is 124 Å². The summed E-state index contributed by atoms with van der Waals surface area (Å²) in [5.41, 5.74) is 0.740. The van der Waals surface area contributed by atoms with Crippen LogP contribution >= 0.6 is 23.6 Å². The minimum Gasteiger partial charge on any atom is -0.493 e. The summed E-state index contributed by atoms with van der Waals surface area (Å²) < 4.78 is 1.50. The molecular formula is C13H12N2O3S2. The largest absolute Gasteiger partial charge is 0.493 e. The third kappa shape index (κ3) is 2.94. The van der Waals surface area contributed by atoms with Crippen molar-refractivity contribution in [1.82, 2.24) is 4.57 Å². The molecule has 7 heteroatoms. The fraction of sp³-hybridized carbons (Fsp3) is 0.154. The molecule has 0 saturated heterocycles. The van der Waals surface area contributed by atoms with Crippen molar-refractivity contribution < 1.29 is 15.0 Å². The van der Waals surface area contributed by atoms with Gasteiger partial charge >= 0.3 is 5.97 Å². The van der Waals surface area contributed by atoms with Gasteiger partial charge < -0.3 is 10.2 Å². The fourth-order valence-corrected chi connectivity index (χ4v) is 2.92. The fourth-order valence-electron chi connectivity index (χ4n) is 1.58. The molecule has 0 amide bonds. The maximum Gasteiger partial charge on any atom is 0.326 e. The second-order valence-corrected chi connectivity index (χ2v) is 5.71. The predicted molar refractivity (Wildman–Crippen MR) is 80.9 cm³/mol. The number of benzene rings is 1. The van der Waals surface area contributed by atoms with Gasteiger partial charge in [0, 0.05) is 0 Å². The number of hydrogen-bond acceptors (Lipinski definition) is 5. The van der Waals surface area contributed by atoms with E-state index in [0.717, 1.165) is 17.0 Å². The van der Waals surface area contributed by atoms with Gasteiger partial charge in [-0.3, -0.25) is 9.56 Å². The van der Waals surface area contributed by atoms with Crippen LogP contribution in [-0.4, -0.2) is 27.0 Å². The van der Waals surface area contributed by atoms with Crippen molar-refractivity contribution in [3.63, 3.8) is 0 Å². The normalized spacial score (nSPS) is 12.7. The van der Waals surface area contributed by atoms with Crippen LogP contribution < -0.4 is 0 Å². The number of hydrogen-bond donors (Lipinski definition) is 2. The average molecular weight is 308 g/mol. The van der Waals surface area contributed by atoms with E-state index in [1.165, 1.54) is 17.7 Å². The van der Waals surface area contributed by atoms with Gasteiger partial charge in [-0.15, -0.1) is 0 Å². The Bertz CT molecular complexity index is 704. The molecule has 0 aliphatic rings. The summed E-state index contributed by atoms with van der Waals surface area (Å²) in [5.74, 6) is -1.23. The van der Waals surface area contributed by atoms with Crippen LogP contribution in [0.4, 0.5) is 5.69 Å². The van der Waals surface area contributed by atoms with Crippen molar-refractivity contribution in [2.45, 2.75) is 13.0 Å². The molecule has 104 valence electrons. The minimum atomic E-state index is -1.05. The highest BCUT2D eigenvalue weighted by atomic mass is 32.1. The maximum absolute atomic E-state index is 11.0. The molecule has 2 rings (SSSR count). The first-order valence-corrected chi connectivity index (χ1v) is 6.99. The molecule has 2 N–H and O–H groups in total. The van der Waals surface area contributed by atoms with E-state index in [9.17, 15) is 9.90 Å². The quantitative estimate of drug-likeness (QED) is 0.670. The second-order valence-electron chi connectivity index (χ2n) is 4.03. The number of carboxylic acids is 1. The number of carbonyl (C=O) groups is 1. The molecule has 2 aromatic rings. The van der Waals surface area contributed by atoms with Crippen LogP contribution in [0.5, 0.6) is 5.88 Å². The number of carboxylic acid groups (broad SMARTS) is 1. The van der Waals surface area contributed by atoms with Crippen molar-refractivity contribution in [2.24, 2.45) is 4.99 Å². The van der Waals surface area contributed by atoms with Crippen LogP contribution in [0.3, 0.4) is 0 Å². The molecule has 0 aliphatic heterocycles. The highest BCUT2D eigenvalue weighted by molar-refractivity contribution is 7.73. The van der Waals surface area contributed by atoms with Gasteiger partial charge in [0.1, 0.15) is 10.9 Å². The summed E-state index contributed by atoms with van der Waals surface area (Å²) in [6.07, 6.45) is 1.48. The summed E-state index contributed by atoms with van der Waals surface area (Å²) in [7, 11) is 0. The number of thiazole rings is 1. The zero-order valence-corrected chi connectivity index (χ0v) is 12.2. The molecular weight excluding hydrogens is 296 g/mol. The highest BCUT2D eigenvalue weighted by Gasteiger charge is 2.20. The van der Waals surface area contributed by atoms with Crippen LogP contribution in [0.15, 0.2) is 35.3 Å². The first-order chi connectivity index (χ1) is 9.50. The number of aromatic nitrogens is 1. The summed E-state index contributed by atoms with van der Waals surface area (Å²) in [5, 5.41) is 19.1. The summed E-state index contributed by atoms with van der Waals surface area (Å²) in [4.78, 5) is 15.6. The number of aliphatic imine (C=N–C) groups is 1. The van der Waals surface area contributed by atoms with Gasteiger partial charge in [-0.25, -0.2) is 4.79 Å². The zero-order chi connectivity index (χ0) is 14.7. The molecule has 20 heavy (non-hydrogen) atoms. The van der Waals surface area contributed by atoms with Crippen molar-refractivity contribution >= 4 is 41.4 Å². The summed E-state index contributed by atoms with van der Waals surface area (Å²) >= 11 is 6.20. The third-order valence-electron chi connectivity index (χ3n) is 2.67. The highest BCUT2D eigenvalue weighted by Crippen LogP contribution is 2.28. The van der Waals surface area contributed by atoms with Gasteiger partial charge in [-0.05, 0) is 31.3 Å². The topological polar surface area (TPSA) is 74.8 Å². The molecule has 0 spiro atoms. The molecule has 1 aromatic heterocycles. The van der Waals surface area contributed by atoms with E-state index in [1.807, 2.05) is 30.3 Å². The molecule has 1 aromatic carbocycles. The standard InChI is InChI=1S/C13H12N2O3S2/c1-8(12(17)18)15-11(16)10(20-13(15)19)7-14-9-5-3-2-4-6-9/h2-8,16H,1H3,(H,17,18)/t8-/m1/s1. The third-order valence-corrected chi connectivity index (χ3v) is 4.00. The summed E-state index contributed by atoms with van der Waals surface area (Å²) in [6.45, 7) is 1.46. The van der Waals surface area contributed by atoms with Gasteiger partial charge in [0.05, 0.1) is 11.9 Å². The van der Waals surface area contributed by atoms with Gasteiger partial charge in [-0.2, -0.15) is 0 Å². The Kier molecular flexibility index (Phi) is 4.31. The Hall–Kier alpha value is -1.99. The lowest BCUT2D eigenvalue weighted by molar-refractivity contribution is -0.140. The molecule has 5 nitrogen and oxygen atoms in total. The molecule has 0 aliphatic carbocycles. The van der Waals surface area contributed by atoms with E-state index in [4.69, 9.17) is 17.3 Å². The maximum atomic E-state index is 11.0. The molecule has 0 saturated carbocycles. The lowest BCUT2D eigenvalue weighted by atomic mass is 10.3. The molecule has 0 fully saturated rings. The monoisotopic (exact) mass is 308 g/mol. The SMILES string of the molecule is C[C@H](C(=O)O)n1c(O)c(C=Nc2ccccc2)sc1=S. The number of nitrogens with zero attached hydrogens (tertiary/aromatic N) is 2. The van der Waals surface area contributed by atoms with Crippen LogP contribution in [0, 0.1) is 3.95 Å². The summed E-state index contributed by atoms with van der Waals surface area (Å²) in [6, 6.07) is 8.31. The van der Waals surface area contributed by atoms with Gasteiger partial charge in [0.2, 0.25) is 5.88 Å². The van der Waals surface area contributed by atoms with E-state index in [2.05, 4.69) is 4.99 Å². The van der Waals surface area contributed by atoms with Crippen molar-refractivity contribution in [3.05, 3.63) is 39.2 Å². The lowest BCUT2D eigenvalue weighted by Gasteiger charge is -2.08. The second kappa shape index (κ2) is 5.98. The van der Waals surface area contributed by atoms with Crippen LogP contribution in [0.2, 0.25) is 0 Å². The Morgan fingerprint density at radius 1 is 1.45 bits per heavy atom. The van der Waals surface area contributed by atoms with E-state index in [-0.39, 0.29) is 5.88 Å². The van der Waals surface area contributed by atoms with Crippen molar-refractivity contribution in [2.75, 3.05) is 0 Å². The van der Waals surface area contributed by atoms with Gasteiger partial charge in [0.15, 0.2) is 3.95 Å². The lowest BCUT2D eigenvalue weighted by Crippen LogP contribution is -2.15. The first-order valence-electron chi connectivity index (χ1n) is 5.77. The molecule has 1 atom stereocenters. The number of para-hydroxylation sites is 1. The average Bonchev–Trinajstić information content (AvgIpc) is 2.71. The smallest absolute Gasteiger partial charge is 0.326 e. The molecule has 0 radical (unpaired) electrons. The Morgan fingerprint density at radius 3 is 2.70 bits per heavy atom. The van der Waals surface area contributed by atoms with E-state index in [1.54, 1.807) is 0 Å². The molecule has 0 unspecified atom stereocenters. The van der Waals surface area contributed by atoms with Crippen LogP contribution in [0.25, 0.3) is 0 Å². The molecule has 1 heterocycles. The Morgan fingerprint density at radius 2 is 2.10 bits per heavy atom. The first kappa shape index (κ1) is 14.4. The van der Waals surface area contributed by atoms with E-state index < -0.39 is 12.0 Å². The van der Waals surface area contributed by atoms with Gasteiger partial charge in [0.25, 0.3) is 0 Å². The number of aliphatic carboxylic acids is 1. The van der Waals surface area contributed by atoms with Crippen LogP contribution in [0.1, 0.15) is 17.8 Å². The predicted octanol–water partition coefficient (Wildman–Crippen LogP) is 3.38. The molecule has 0 bridgehead atoms. The Balaban J connectivity index is 2.36. The zero-order valence-electron chi connectivity index (χ0n) is 10.6.